The lowest BCUT2D eigenvalue weighted by Gasteiger charge is -2.25. The van der Waals surface area contributed by atoms with E-state index in [-0.39, 0.29) is 11.3 Å². The summed E-state index contributed by atoms with van der Waals surface area (Å²) in [7, 11) is -4.35. The van der Waals surface area contributed by atoms with Crippen LogP contribution in [0.5, 0.6) is 5.75 Å². The van der Waals surface area contributed by atoms with Crippen LogP contribution in [0.2, 0.25) is 0 Å². The van der Waals surface area contributed by atoms with Crippen molar-refractivity contribution in [2.45, 2.75) is 63.4 Å². The van der Waals surface area contributed by atoms with Crippen molar-refractivity contribution in [2.75, 3.05) is 6.61 Å². The summed E-state index contributed by atoms with van der Waals surface area (Å²) in [6, 6.07) is 6.75. The summed E-state index contributed by atoms with van der Waals surface area (Å²) in [5, 5.41) is 9.93. The van der Waals surface area contributed by atoms with Crippen LogP contribution in [0.15, 0.2) is 46.1 Å². The molecule has 2 aromatic rings. The number of aromatic nitrogens is 2. The fourth-order valence-electron chi connectivity index (χ4n) is 3.37. The van der Waals surface area contributed by atoms with Gasteiger partial charge in [-0.15, -0.1) is 0 Å². The number of carbonyl (C=O) groups excluding carboxylic acids is 1. The Bertz CT molecular complexity index is 1270. The predicted molar refractivity (Wildman–Crippen MR) is 130 cm³/mol. The highest BCUT2D eigenvalue weighted by Gasteiger charge is 2.58. The number of hydrogen-bond acceptors (Lipinski definition) is 9. The molecule has 3 rings (SSSR count). The van der Waals surface area contributed by atoms with Crippen LogP contribution in [0.4, 0.5) is 4.39 Å². The number of ether oxygens (including phenoxy) is 2. The molecular formula is C22H28ClFN3O9P. The number of rotatable bonds is 10. The van der Waals surface area contributed by atoms with E-state index in [4.69, 9.17) is 30.1 Å². The summed E-state index contributed by atoms with van der Waals surface area (Å²) < 4.78 is 51.1. The topological polar surface area (TPSA) is 158 Å². The van der Waals surface area contributed by atoms with Crippen LogP contribution in [-0.2, 0) is 23.4 Å². The number of para-hydroxylation sites is 1. The van der Waals surface area contributed by atoms with Crippen LogP contribution in [0, 0.1) is 6.92 Å². The van der Waals surface area contributed by atoms with E-state index in [0.29, 0.717) is 4.57 Å². The van der Waals surface area contributed by atoms with Crippen molar-refractivity contribution in [3.8, 4) is 5.75 Å². The number of aryl methyl sites for hydroxylation is 1. The number of esters is 1. The SMILES string of the molecule is Cc1cn([C@@H]2O[C@H](CO[P@@](=O)(N[C@@H](C)C(=O)OC(C)C)Oc3ccccc3)[C@@H](O)[C@@]2(F)Cl)c(=O)[nH]c1=O. The third-order valence-corrected chi connectivity index (χ3v) is 7.27. The number of aromatic amines is 1. The molecule has 1 aromatic carbocycles. The molecular weight excluding hydrogens is 536 g/mol. The van der Waals surface area contributed by atoms with Gasteiger partial charge in [0.2, 0.25) is 0 Å². The minimum absolute atomic E-state index is 0.0667. The highest BCUT2D eigenvalue weighted by atomic mass is 35.5. The van der Waals surface area contributed by atoms with Gasteiger partial charge in [-0.25, -0.2) is 13.8 Å². The number of aliphatic hydroxyl groups is 1. The van der Waals surface area contributed by atoms with Crippen molar-refractivity contribution in [3.63, 3.8) is 0 Å². The molecule has 1 aliphatic rings. The molecule has 37 heavy (non-hydrogen) atoms. The second-order valence-corrected chi connectivity index (χ2v) is 10.9. The maximum atomic E-state index is 15.3. The Morgan fingerprint density at radius 1 is 1.32 bits per heavy atom. The highest BCUT2D eigenvalue weighted by Crippen LogP contribution is 2.48. The van der Waals surface area contributed by atoms with Gasteiger partial charge < -0.3 is 19.1 Å². The largest absolute Gasteiger partial charge is 0.462 e. The van der Waals surface area contributed by atoms with E-state index in [2.05, 4.69) is 5.09 Å². The third kappa shape index (κ3) is 6.86. The summed E-state index contributed by atoms with van der Waals surface area (Å²) in [5.41, 5.74) is -1.64. The Morgan fingerprint density at radius 3 is 2.59 bits per heavy atom. The molecule has 12 nitrogen and oxygen atoms in total. The Labute approximate surface area is 216 Å². The Balaban J connectivity index is 1.82. The van der Waals surface area contributed by atoms with Crippen molar-refractivity contribution in [3.05, 3.63) is 62.9 Å². The molecule has 204 valence electrons. The quantitative estimate of drug-likeness (QED) is 0.222. The number of alkyl halides is 2. The number of benzene rings is 1. The van der Waals surface area contributed by atoms with Crippen LogP contribution in [0.25, 0.3) is 0 Å². The molecule has 0 aliphatic carbocycles. The monoisotopic (exact) mass is 563 g/mol. The molecule has 0 amide bonds. The van der Waals surface area contributed by atoms with Gasteiger partial charge in [0.15, 0.2) is 6.23 Å². The standard InChI is InChI=1S/C22H28ClFN3O9P/c1-12(2)34-19(30)14(4)26-37(32,36-15-8-6-5-7-9-15)33-11-16-17(28)22(23,24)20(35-16)27-10-13(3)18(29)25-21(27)31/h5-10,12,14,16-17,20,28H,11H2,1-4H3,(H,26,32)(H,25,29,31)/t14-,16+,17+,20+,22-,37-/m0/s1. The van der Waals surface area contributed by atoms with E-state index < -0.39 is 67.3 Å². The summed E-state index contributed by atoms with van der Waals surface area (Å²) in [4.78, 5) is 38.2. The van der Waals surface area contributed by atoms with Crippen LogP contribution in [0.3, 0.4) is 0 Å². The van der Waals surface area contributed by atoms with Crippen LogP contribution < -0.4 is 20.9 Å². The molecule has 6 atom stereocenters. The zero-order valence-electron chi connectivity index (χ0n) is 20.4. The van der Waals surface area contributed by atoms with Gasteiger partial charge in [0.1, 0.15) is 24.0 Å². The predicted octanol–water partition coefficient (Wildman–Crippen LogP) is 2.14. The maximum absolute atomic E-state index is 15.3. The van der Waals surface area contributed by atoms with E-state index >= 15 is 4.39 Å². The minimum Gasteiger partial charge on any atom is -0.462 e. The molecule has 2 heterocycles. The Kier molecular flexibility index (Phi) is 8.99. The van der Waals surface area contributed by atoms with Gasteiger partial charge in [-0.05, 0) is 39.8 Å². The van der Waals surface area contributed by atoms with Gasteiger partial charge >= 0.3 is 19.4 Å². The second-order valence-electron chi connectivity index (χ2n) is 8.66. The van der Waals surface area contributed by atoms with Crippen molar-refractivity contribution < 1.29 is 37.4 Å². The molecule has 0 saturated carbocycles. The molecule has 1 aliphatic heterocycles. The van der Waals surface area contributed by atoms with Crippen molar-refractivity contribution >= 4 is 25.3 Å². The molecule has 0 bridgehead atoms. The van der Waals surface area contributed by atoms with Crippen LogP contribution >= 0.6 is 19.3 Å². The van der Waals surface area contributed by atoms with Gasteiger partial charge in [0.25, 0.3) is 10.7 Å². The Morgan fingerprint density at radius 2 is 1.97 bits per heavy atom. The van der Waals surface area contributed by atoms with Crippen LogP contribution in [0.1, 0.15) is 32.6 Å². The molecule has 1 fully saturated rings. The average molecular weight is 564 g/mol. The molecule has 3 N–H and O–H groups in total. The lowest BCUT2D eigenvalue weighted by atomic mass is 10.1. The maximum Gasteiger partial charge on any atom is 0.459 e. The number of halogens is 2. The van der Waals surface area contributed by atoms with Crippen molar-refractivity contribution in [2.24, 2.45) is 0 Å². The zero-order chi connectivity index (χ0) is 27.5. The number of hydrogen-bond donors (Lipinski definition) is 3. The van der Waals surface area contributed by atoms with E-state index in [1.165, 1.54) is 26.0 Å². The number of H-pyrrole nitrogens is 1. The molecule has 0 radical (unpaired) electrons. The van der Waals surface area contributed by atoms with E-state index in [1.807, 2.05) is 4.98 Å². The molecule has 0 spiro atoms. The second kappa shape index (κ2) is 11.5. The number of carbonyl (C=O) groups is 1. The van der Waals surface area contributed by atoms with E-state index in [9.17, 15) is 24.1 Å². The third-order valence-electron chi connectivity index (χ3n) is 5.21. The fraction of sp³-hybridized carbons (Fsp3) is 0.500. The zero-order valence-corrected chi connectivity index (χ0v) is 22.1. The van der Waals surface area contributed by atoms with Gasteiger partial charge in [-0.3, -0.25) is 23.7 Å². The van der Waals surface area contributed by atoms with Gasteiger partial charge in [-0.1, -0.05) is 29.8 Å². The van der Waals surface area contributed by atoms with Gasteiger partial charge in [-0.2, -0.15) is 5.09 Å². The summed E-state index contributed by atoms with van der Waals surface area (Å²) in [5.74, 6) is -0.606. The first-order chi connectivity index (χ1) is 17.2. The summed E-state index contributed by atoms with van der Waals surface area (Å²) in [6.07, 6.45) is -4.84. The van der Waals surface area contributed by atoms with Crippen molar-refractivity contribution in [1.82, 2.24) is 14.6 Å². The molecule has 15 heteroatoms. The molecule has 1 aromatic heterocycles. The van der Waals surface area contributed by atoms with Gasteiger partial charge in [0.05, 0.1) is 12.7 Å². The van der Waals surface area contributed by atoms with E-state index in [1.54, 1.807) is 32.0 Å². The first kappa shape index (κ1) is 29.0. The average Bonchev–Trinajstić information content (AvgIpc) is 3.03. The molecule has 1 saturated heterocycles. The normalized spacial score (nSPS) is 26.0. The lowest BCUT2D eigenvalue weighted by Crippen LogP contribution is -2.42. The van der Waals surface area contributed by atoms with Crippen LogP contribution in [-0.4, -0.2) is 56.7 Å². The number of nitrogens with one attached hydrogen (secondary N) is 2. The van der Waals surface area contributed by atoms with Gasteiger partial charge in [0, 0.05) is 11.8 Å². The minimum atomic E-state index is -4.35. The lowest BCUT2D eigenvalue weighted by molar-refractivity contribution is -0.149. The summed E-state index contributed by atoms with van der Waals surface area (Å²) in [6.45, 7) is 5.31. The first-order valence-electron chi connectivity index (χ1n) is 11.2. The number of aliphatic hydroxyl groups excluding tert-OH is 1. The Hall–Kier alpha value is -2.54. The van der Waals surface area contributed by atoms with Crippen molar-refractivity contribution in [1.29, 1.82) is 0 Å². The smallest absolute Gasteiger partial charge is 0.459 e. The van der Waals surface area contributed by atoms with E-state index in [0.717, 1.165) is 6.20 Å². The highest BCUT2D eigenvalue weighted by molar-refractivity contribution is 7.52. The molecule has 0 unspecified atom stereocenters. The first-order valence-corrected chi connectivity index (χ1v) is 13.2. The number of nitrogens with zero attached hydrogens (tertiary/aromatic N) is 1. The fourth-order valence-corrected chi connectivity index (χ4v) is 5.17. The summed E-state index contributed by atoms with van der Waals surface area (Å²) >= 11 is 5.91.